The molecule has 50 valence electrons. The molecule has 0 aromatic heterocycles. The summed E-state index contributed by atoms with van der Waals surface area (Å²) >= 11 is 0. The van der Waals surface area contributed by atoms with Gasteiger partial charge in [-0.15, -0.1) is 0 Å². The highest BCUT2D eigenvalue weighted by molar-refractivity contribution is 7.89. The Morgan fingerprint density at radius 2 is 2.12 bits per heavy atom. The van der Waals surface area contributed by atoms with Crippen LogP contribution >= 0.6 is 0 Å². The van der Waals surface area contributed by atoms with E-state index >= 15 is 0 Å². The van der Waals surface area contributed by atoms with Crippen LogP contribution < -0.4 is 10.7 Å². The van der Waals surface area contributed by atoms with Gasteiger partial charge in [-0.2, -0.15) is 4.83 Å². The van der Waals surface area contributed by atoms with Gasteiger partial charge in [0, 0.05) is 0 Å². The topological polar surface area (TPSA) is 72.2 Å². The third-order valence-electron chi connectivity index (χ3n) is 0.652. The Labute approximate surface area is 49.1 Å². The van der Waals surface area contributed by atoms with Crippen LogP contribution in [0, 0.1) is 0 Å². The molecule has 0 rings (SSSR count). The van der Waals surface area contributed by atoms with Crippen LogP contribution in [0.15, 0.2) is 0 Å². The number of hydrogen-bond acceptors (Lipinski definition) is 3. The van der Waals surface area contributed by atoms with Gasteiger partial charge in [0.05, 0.1) is 5.75 Å². The third kappa shape index (κ3) is 2.95. The van der Waals surface area contributed by atoms with Crippen molar-refractivity contribution in [3.63, 3.8) is 0 Å². The molecule has 0 aliphatic rings. The van der Waals surface area contributed by atoms with Crippen molar-refractivity contribution in [2.24, 2.45) is 5.84 Å². The minimum absolute atomic E-state index is 0.101. The first-order valence-corrected chi connectivity index (χ1v) is 3.97. The Morgan fingerprint density at radius 1 is 1.62 bits per heavy atom. The molecule has 0 atom stereocenters. The van der Waals surface area contributed by atoms with E-state index in [-0.39, 0.29) is 5.75 Å². The number of sulfonamides is 1. The van der Waals surface area contributed by atoms with Crippen molar-refractivity contribution in [1.82, 2.24) is 4.83 Å². The van der Waals surface area contributed by atoms with E-state index in [4.69, 9.17) is 0 Å². The van der Waals surface area contributed by atoms with Crippen molar-refractivity contribution in [2.45, 2.75) is 13.3 Å². The molecular weight excluding hydrogens is 128 g/mol. The van der Waals surface area contributed by atoms with E-state index < -0.39 is 10.0 Å². The van der Waals surface area contributed by atoms with Gasteiger partial charge in [0.15, 0.2) is 0 Å². The predicted octanol–water partition coefficient (Wildman–Crippen LogP) is -0.810. The molecule has 0 radical (unpaired) electrons. The normalized spacial score (nSPS) is 11.8. The lowest BCUT2D eigenvalue weighted by atomic mass is 10.6. The summed E-state index contributed by atoms with van der Waals surface area (Å²) in [4.78, 5) is 1.71. The summed E-state index contributed by atoms with van der Waals surface area (Å²) in [5, 5.41) is 0. The Morgan fingerprint density at radius 3 is 2.25 bits per heavy atom. The van der Waals surface area contributed by atoms with Gasteiger partial charge in [0.25, 0.3) is 0 Å². The molecule has 0 heterocycles. The highest BCUT2D eigenvalue weighted by Gasteiger charge is 2.02. The second-order valence-corrected chi connectivity index (χ2v) is 3.31. The number of nitrogens with one attached hydrogen (secondary N) is 1. The fraction of sp³-hybridized carbons (Fsp3) is 1.00. The van der Waals surface area contributed by atoms with E-state index in [9.17, 15) is 8.42 Å². The van der Waals surface area contributed by atoms with Crippen LogP contribution in [-0.4, -0.2) is 14.2 Å². The Balaban J connectivity index is 3.76. The monoisotopic (exact) mass is 138 g/mol. The zero-order valence-corrected chi connectivity index (χ0v) is 5.53. The van der Waals surface area contributed by atoms with Crippen LogP contribution in [-0.2, 0) is 10.0 Å². The summed E-state index contributed by atoms with van der Waals surface area (Å²) in [7, 11) is -3.14. The van der Waals surface area contributed by atoms with E-state index in [0.717, 1.165) is 0 Å². The molecule has 0 aromatic carbocycles. The highest BCUT2D eigenvalue weighted by atomic mass is 32.2. The zero-order chi connectivity index (χ0) is 6.62. The molecule has 8 heavy (non-hydrogen) atoms. The minimum atomic E-state index is -3.14. The van der Waals surface area contributed by atoms with Gasteiger partial charge in [-0.3, -0.25) is 5.84 Å². The van der Waals surface area contributed by atoms with Crippen molar-refractivity contribution in [3.8, 4) is 0 Å². The maximum atomic E-state index is 10.4. The van der Waals surface area contributed by atoms with Crippen molar-refractivity contribution in [2.75, 3.05) is 5.75 Å². The van der Waals surface area contributed by atoms with E-state index in [1.165, 1.54) is 0 Å². The van der Waals surface area contributed by atoms with Crippen molar-refractivity contribution in [3.05, 3.63) is 0 Å². The molecule has 0 saturated heterocycles. The third-order valence-corrected chi connectivity index (χ3v) is 1.96. The second kappa shape index (κ2) is 3.01. The number of hydrazine groups is 1. The van der Waals surface area contributed by atoms with Crippen LogP contribution in [0.25, 0.3) is 0 Å². The first kappa shape index (κ1) is 7.87. The molecular formula is C3H10N2O2S. The van der Waals surface area contributed by atoms with Crippen LogP contribution in [0.1, 0.15) is 13.3 Å². The summed E-state index contributed by atoms with van der Waals surface area (Å²) in [5.74, 6) is 4.76. The minimum Gasteiger partial charge on any atom is -0.258 e. The summed E-state index contributed by atoms with van der Waals surface area (Å²) < 4.78 is 20.7. The Hall–Kier alpha value is -0.130. The van der Waals surface area contributed by atoms with Gasteiger partial charge in [-0.05, 0) is 6.42 Å². The molecule has 0 aromatic rings. The second-order valence-electron chi connectivity index (χ2n) is 1.44. The Kier molecular flexibility index (Phi) is 2.96. The maximum Gasteiger partial charge on any atom is 0.224 e. The van der Waals surface area contributed by atoms with Gasteiger partial charge < -0.3 is 0 Å². The number of hydrogen-bond donors (Lipinski definition) is 2. The number of rotatable bonds is 3. The van der Waals surface area contributed by atoms with Gasteiger partial charge in [-0.1, -0.05) is 6.92 Å². The maximum absolute atomic E-state index is 10.4. The summed E-state index contributed by atoms with van der Waals surface area (Å²) in [6.07, 6.45) is 0.590. The smallest absolute Gasteiger partial charge is 0.224 e. The molecule has 0 fully saturated rings. The average Bonchev–Trinajstić information content (AvgIpc) is 1.67. The predicted molar refractivity (Wildman–Crippen MR) is 31.4 cm³/mol. The molecule has 0 amide bonds. The molecule has 3 N–H and O–H groups in total. The van der Waals surface area contributed by atoms with E-state index in [0.29, 0.717) is 6.42 Å². The molecule has 0 saturated carbocycles. The largest absolute Gasteiger partial charge is 0.258 e. The van der Waals surface area contributed by atoms with E-state index in [1.54, 1.807) is 11.8 Å². The van der Waals surface area contributed by atoms with Crippen LogP contribution in [0.2, 0.25) is 0 Å². The van der Waals surface area contributed by atoms with Gasteiger partial charge in [0.2, 0.25) is 10.0 Å². The van der Waals surface area contributed by atoms with Crippen molar-refractivity contribution in [1.29, 1.82) is 0 Å². The van der Waals surface area contributed by atoms with Gasteiger partial charge >= 0.3 is 0 Å². The molecule has 0 unspecified atom stereocenters. The summed E-state index contributed by atoms with van der Waals surface area (Å²) in [6.45, 7) is 1.77. The summed E-state index contributed by atoms with van der Waals surface area (Å²) in [6, 6.07) is 0. The first-order valence-electron chi connectivity index (χ1n) is 2.32. The lowest BCUT2D eigenvalue weighted by molar-refractivity contribution is 0.583. The van der Waals surface area contributed by atoms with Crippen molar-refractivity contribution >= 4 is 10.0 Å². The molecule has 0 aliphatic carbocycles. The standard InChI is InChI=1S/C3H10N2O2S/c1-2-3-8(6,7)5-4/h5H,2-4H2,1H3. The van der Waals surface area contributed by atoms with Crippen LogP contribution in [0.3, 0.4) is 0 Å². The van der Waals surface area contributed by atoms with Gasteiger partial charge in [-0.25, -0.2) is 8.42 Å². The fourth-order valence-corrected chi connectivity index (χ4v) is 0.983. The molecule has 0 aliphatic heterocycles. The van der Waals surface area contributed by atoms with Crippen LogP contribution in [0.5, 0.6) is 0 Å². The van der Waals surface area contributed by atoms with Gasteiger partial charge in [0.1, 0.15) is 0 Å². The fourth-order valence-electron chi connectivity index (χ4n) is 0.328. The quantitative estimate of drug-likeness (QED) is 0.395. The highest BCUT2D eigenvalue weighted by Crippen LogP contribution is 1.83. The molecule has 4 nitrogen and oxygen atoms in total. The molecule has 5 heteroatoms. The molecule has 0 spiro atoms. The molecule has 0 bridgehead atoms. The number of nitrogens with two attached hydrogens (primary N) is 1. The SMILES string of the molecule is CCCS(=O)(=O)NN. The summed E-state index contributed by atoms with van der Waals surface area (Å²) in [5.41, 5.74) is 0. The zero-order valence-electron chi connectivity index (χ0n) is 4.72. The van der Waals surface area contributed by atoms with Crippen LogP contribution in [0.4, 0.5) is 0 Å². The van der Waals surface area contributed by atoms with Crippen molar-refractivity contribution < 1.29 is 8.42 Å². The van der Waals surface area contributed by atoms with E-state index in [1.807, 2.05) is 0 Å². The Bertz CT molecular complexity index is 139. The lowest BCUT2D eigenvalue weighted by Crippen LogP contribution is -2.32. The average molecular weight is 138 g/mol. The van der Waals surface area contributed by atoms with E-state index in [2.05, 4.69) is 5.84 Å². The lowest BCUT2D eigenvalue weighted by Gasteiger charge is -1.95. The first-order chi connectivity index (χ1) is 3.62.